The van der Waals surface area contributed by atoms with Gasteiger partial charge in [-0.3, -0.25) is 19.7 Å². The Morgan fingerprint density at radius 3 is 2.22 bits per heavy atom. The molecule has 63 heavy (non-hydrogen) atoms. The molecule has 330 valence electrons. The molecule has 3 amide bonds. The molecule has 1 fully saturated rings. The highest BCUT2D eigenvalue weighted by Gasteiger charge is 2.48. The first kappa shape index (κ1) is 45.1. The van der Waals surface area contributed by atoms with Crippen molar-refractivity contribution in [1.82, 2.24) is 10.6 Å². The number of amides is 3. The molecule has 12 nitrogen and oxygen atoms in total. The van der Waals surface area contributed by atoms with E-state index in [0.717, 1.165) is 27.8 Å². The summed E-state index contributed by atoms with van der Waals surface area (Å²) in [5.74, 6) is -2.90. The van der Waals surface area contributed by atoms with Crippen LogP contribution in [0.25, 0.3) is 11.1 Å². The van der Waals surface area contributed by atoms with Crippen LogP contribution in [0.5, 0.6) is 0 Å². The molecule has 0 spiro atoms. The van der Waals surface area contributed by atoms with Crippen LogP contribution in [-0.2, 0) is 44.5 Å². The van der Waals surface area contributed by atoms with Crippen LogP contribution >= 0.6 is 11.6 Å². The van der Waals surface area contributed by atoms with Crippen molar-refractivity contribution in [3.63, 3.8) is 0 Å². The Morgan fingerprint density at radius 1 is 0.889 bits per heavy atom. The number of anilines is 1. The molecular formula is C50H54ClN3O9. The molecule has 7 rings (SSSR count). The van der Waals surface area contributed by atoms with Crippen LogP contribution in [0, 0.1) is 17.3 Å². The van der Waals surface area contributed by atoms with E-state index in [2.05, 4.69) is 28.1 Å². The second-order valence-corrected chi connectivity index (χ2v) is 18.0. The van der Waals surface area contributed by atoms with Gasteiger partial charge in [-0.2, -0.15) is 0 Å². The molecule has 2 unspecified atom stereocenters. The molecule has 4 aromatic rings. The number of rotatable bonds is 10. The summed E-state index contributed by atoms with van der Waals surface area (Å²) in [6.45, 7) is 8.94. The van der Waals surface area contributed by atoms with Gasteiger partial charge in [-0.05, 0) is 77.8 Å². The molecule has 0 radical (unpaired) electrons. The maximum atomic E-state index is 13.8. The lowest BCUT2D eigenvalue weighted by atomic mass is 9.92. The molecule has 2 aliphatic heterocycles. The Balaban J connectivity index is 1.04. The monoisotopic (exact) mass is 875 g/mol. The predicted octanol–water partition coefficient (Wildman–Crippen LogP) is 8.48. The summed E-state index contributed by atoms with van der Waals surface area (Å²) < 4.78 is 23.7. The second-order valence-electron chi connectivity index (χ2n) is 17.6. The number of esters is 2. The van der Waals surface area contributed by atoms with Crippen LogP contribution in [0.15, 0.2) is 109 Å². The van der Waals surface area contributed by atoms with Crippen molar-refractivity contribution in [2.75, 3.05) is 18.5 Å². The minimum atomic E-state index is -1.26. The Kier molecular flexibility index (Phi) is 14.0. The zero-order valence-corrected chi connectivity index (χ0v) is 36.9. The molecule has 0 aromatic heterocycles. The van der Waals surface area contributed by atoms with Gasteiger partial charge in [0.25, 0.3) is 0 Å². The number of hydrogen-bond donors (Lipinski definition) is 3. The van der Waals surface area contributed by atoms with Crippen molar-refractivity contribution in [3.8, 4) is 11.1 Å². The van der Waals surface area contributed by atoms with Crippen molar-refractivity contribution in [1.29, 1.82) is 0 Å². The number of halogens is 1. The van der Waals surface area contributed by atoms with Crippen molar-refractivity contribution in [2.24, 2.45) is 17.3 Å². The van der Waals surface area contributed by atoms with Crippen LogP contribution in [-0.4, -0.2) is 67.4 Å². The number of cyclic esters (lactones) is 2. The van der Waals surface area contributed by atoms with Gasteiger partial charge in [-0.25, -0.2) is 9.59 Å². The number of ether oxygens (including phenoxy) is 4. The van der Waals surface area contributed by atoms with Crippen LogP contribution < -0.4 is 16.0 Å². The number of fused-ring (bicyclic) bond motifs is 3. The number of benzene rings is 4. The highest BCUT2D eigenvalue weighted by Crippen LogP contribution is 2.46. The molecule has 0 bridgehead atoms. The molecule has 1 saturated heterocycles. The zero-order valence-electron chi connectivity index (χ0n) is 36.1. The van der Waals surface area contributed by atoms with Gasteiger partial charge in [-0.15, -0.1) is 0 Å². The number of hydrogen-bond acceptors (Lipinski definition) is 9. The molecule has 4 aromatic carbocycles. The normalized spacial score (nSPS) is 23.6. The highest BCUT2D eigenvalue weighted by atomic mass is 35.5. The summed E-state index contributed by atoms with van der Waals surface area (Å²) in [6.07, 6.45) is 0.295. The summed E-state index contributed by atoms with van der Waals surface area (Å²) in [5, 5.41) is 8.50. The van der Waals surface area contributed by atoms with Gasteiger partial charge in [-0.1, -0.05) is 123 Å². The Hall–Kier alpha value is -5.98. The predicted molar refractivity (Wildman–Crippen MR) is 239 cm³/mol. The minimum absolute atomic E-state index is 0.00974. The number of epoxide rings is 1. The summed E-state index contributed by atoms with van der Waals surface area (Å²) in [6, 6.07) is 29.7. The van der Waals surface area contributed by atoms with E-state index < -0.39 is 53.5 Å². The standard InChI is InChI=1S/C50H54ClN3O9/c1-29(2)24-42-47(57)61-41(30(3)44-45(63-44)32-14-7-6-8-15-32)20-13-21-43(55)53-40(46(56)52-28-50(4,5)48(58)62-42)26-31-22-23-39(38(51)25-31)54-49(59)60-27-37-35-18-11-9-16-33(35)34-17-10-12-19-36(34)37/h6-19,21-23,25,29-30,37,40-42,44-45H,20,24,26-28H2,1-5H3,(H,52,56)(H,53,55)(H,54,59)/b21-13+/t30-,40+,41-,42-,44?,45?/m0/s1. The maximum absolute atomic E-state index is 13.8. The van der Waals surface area contributed by atoms with Gasteiger partial charge in [0.15, 0.2) is 6.10 Å². The zero-order chi connectivity index (χ0) is 44.8. The summed E-state index contributed by atoms with van der Waals surface area (Å²) >= 11 is 6.68. The van der Waals surface area contributed by atoms with Crippen molar-refractivity contribution >= 4 is 47.1 Å². The van der Waals surface area contributed by atoms with E-state index >= 15 is 0 Å². The van der Waals surface area contributed by atoms with Crippen LogP contribution in [0.2, 0.25) is 5.02 Å². The third-order valence-corrected chi connectivity index (χ3v) is 12.1. The van der Waals surface area contributed by atoms with E-state index in [1.165, 1.54) is 6.08 Å². The summed E-state index contributed by atoms with van der Waals surface area (Å²) in [7, 11) is 0. The fraction of sp³-hybridized carbons (Fsp3) is 0.380. The number of carbonyl (C=O) groups is 5. The van der Waals surface area contributed by atoms with E-state index in [4.69, 9.17) is 30.5 Å². The molecule has 6 atom stereocenters. The lowest BCUT2D eigenvalue weighted by Gasteiger charge is -2.29. The Bertz CT molecular complexity index is 2320. The van der Waals surface area contributed by atoms with Crippen LogP contribution in [0.4, 0.5) is 10.5 Å². The molecule has 3 N–H and O–H groups in total. The average Bonchev–Trinajstić information content (AvgIpc) is 4.00. The summed E-state index contributed by atoms with van der Waals surface area (Å²) in [5.41, 5.74) is 5.06. The topological polar surface area (TPSA) is 162 Å². The largest absolute Gasteiger partial charge is 0.459 e. The van der Waals surface area contributed by atoms with E-state index in [1.54, 1.807) is 38.1 Å². The molecule has 1 aliphatic carbocycles. The van der Waals surface area contributed by atoms with Crippen molar-refractivity contribution in [2.45, 2.75) is 90.3 Å². The third kappa shape index (κ3) is 11.0. The van der Waals surface area contributed by atoms with E-state index in [1.807, 2.05) is 87.5 Å². The minimum Gasteiger partial charge on any atom is -0.459 e. The van der Waals surface area contributed by atoms with Crippen LogP contribution in [0.3, 0.4) is 0 Å². The van der Waals surface area contributed by atoms with Gasteiger partial charge < -0.3 is 29.6 Å². The van der Waals surface area contributed by atoms with E-state index in [-0.39, 0.29) is 67.4 Å². The molecule has 2 heterocycles. The van der Waals surface area contributed by atoms with Gasteiger partial charge in [0.1, 0.15) is 24.9 Å². The van der Waals surface area contributed by atoms with E-state index in [9.17, 15) is 24.0 Å². The Labute approximate surface area is 373 Å². The fourth-order valence-corrected chi connectivity index (χ4v) is 8.41. The number of nitrogens with one attached hydrogen (secondary N) is 3. The molecule has 13 heteroatoms. The second kappa shape index (κ2) is 19.6. The summed E-state index contributed by atoms with van der Waals surface area (Å²) in [4.78, 5) is 67.7. The lowest BCUT2D eigenvalue weighted by Crippen LogP contribution is -2.51. The number of carbonyl (C=O) groups excluding carboxylic acids is 5. The van der Waals surface area contributed by atoms with E-state index in [0.29, 0.717) is 11.3 Å². The lowest BCUT2D eigenvalue weighted by molar-refractivity contribution is -0.179. The third-order valence-electron chi connectivity index (χ3n) is 11.8. The first-order valence-corrected chi connectivity index (χ1v) is 21.8. The fourth-order valence-electron chi connectivity index (χ4n) is 8.16. The van der Waals surface area contributed by atoms with Crippen LogP contribution in [0.1, 0.15) is 81.7 Å². The van der Waals surface area contributed by atoms with Crippen molar-refractivity contribution in [3.05, 3.63) is 136 Å². The van der Waals surface area contributed by atoms with Gasteiger partial charge in [0.05, 0.1) is 22.2 Å². The maximum Gasteiger partial charge on any atom is 0.411 e. The first-order chi connectivity index (χ1) is 30.2. The Morgan fingerprint density at radius 2 is 1.56 bits per heavy atom. The molecule has 0 saturated carbocycles. The average molecular weight is 876 g/mol. The SMILES string of the molecule is CC(C)C[C@@H]1OC(=O)C(C)(C)CNC(=O)[C@@H](Cc2ccc(NC(=O)OCC3c4ccccc4-c4ccccc43)c(Cl)c2)NC(=O)/C=C/C[C@@H]([C@H](C)C2OC2c2ccccc2)OC1=O. The first-order valence-electron chi connectivity index (χ1n) is 21.5. The quantitative estimate of drug-likeness (QED) is 0.0807. The van der Waals surface area contributed by atoms with Gasteiger partial charge >= 0.3 is 18.0 Å². The van der Waals surface area contributed by atoms with Gasteiger partial charge in [0, 0.05) is 31.2 Å². The van der Waals surface area contributed by atoms with Crippen molar-refractivity contribution < 1.29 is 42.9 Å². The molecule has 3 aliphatic rings. The molecular weight excluding hydrogens is 822 g/mol. The highest BCUT2D eigenvalue weighted by molar-refractivity contribution is 6.33. The van der Waals surface area contributed by atoms with Gasteiger partial charge in [0.2, 0.25) is 11.8 Å². The smallest absolute Gasteiger partial charge is 0.411 e.